The Morgan fingerprint density at radius 3 is 2.58 bits per heavy atom. The van der Waals surface area contributed by atoms with E-state index in [2.05, 4.69) is 15.9 Å². The van der Waals surface area contributed by atoms with Crippen molar-refractivity contribution in [3.63, 3.8) is 0 Å². The second kappa shape index (κ2) is 7.50. The molecular formula is C19H21BrN2O3S. The predicted octanol–water partition coefficient (Wildman–Crippen LogP) is 3.19. The molecule has 3 rings (SSSR count). The Kier molecular flexibility index (Phi) is 5.50. The number of carbonyl (C=O) groups excluding carboxylic acids is 1. The van der Waals surface area contributed by atoms with E-state index in [1.54, 1.807) is 4.90 Å². The van der Waals surface area contributed by atoms with E-state index < -0.39 is 10.0 Å². The molecule has 0 aliphatic carbocycles. The molecule has 2 aromatic rings. The summed E-state index contributed by atoms with van der Waals surface area (Å²) in [4.78, 5) is 14.7. The number of hydrogen-bond donors (Lipinski definition) is 0. The summed E-state index contributed by atoms with van der Waals surface area (Å²) < 4.78 is 26.6. The maximum Gasteiger partial charge on any atom is 0.242 e. The molecule has 0 radical (unpaired) electrons. The van der Waals surface area contributed by atoms with Crippen LogP contribution < -0.4 is 4.90 Å². The van der Waals surface area contributed by atoms with E-state index in [0.29, 0.717) is 0 Å². The summed E-state index contributed by atoms with van der Waals surface area (Å²) in [6.45, 7) is 1.99. The third-order valence-electron chi connectivity index (χ3n) is 4.51. The van der Waals surface area contributed by atoms with Crippen LogP contribution in [0, 0.1) is 0 Å². The number of nitrogens with zero attached hydrogens (tertiary/aromatic N) is 2. The van der Waals surface area contributed by atoms with Crippen LogP contribution in [0.15, 0.2) is 53.0 Å². The van der Waals surface area contributed by atoms with E-state index in [0.717, 1.165) is 34.0 Å². The van der Waals surface area contributed by atoms with Crippen molar-refractivity contribution in [2.24, 2.45) is 0 Å². The van der Waals surface area contributed by atoms with Crippen molar-refractivity contribution in [3.05, 3.63) is 64.1 Å². The molecule has 7 heteroatoms. The van der Waals surface area contributed by atoms with Crippen LogP contribution in [0.3, 0.4) is 0 Å². The quantitative estimate of drug-likeness (QED) is 0.722. The van der Waals surface area contributed by atoms with Crippen molar-refractivity contribution in [1.29, 1.82) is 0 Å². The van der Waals surface area contributed by atoms with Gasteiger partial charge in [-0.05, 0) is 42.7 Å². The number of sulfonamides is 1. The number of carbonyl (C=O) groups is 1. The minimum absolute atomic E-state index is 0.00457. The van der Waals surface area contributed by atoms with Crippen LogP contribution in [0.1, 0.15) is 18.1 Å². The predicted molar refractivity (Wildman–Crippen MR) is 106 cm³/mol. The first-order chi connectivity index (χ1) is 12.3. The topological polar surface area (TPSA) is 57.7 Å². The number of anilines is 1. The maximum atomic E-state index is 13.0. The van der Waals surface area contributed by atoms with E-state index >= 15 is 0 Å². The molecule has 0 saturated heterocycles. The second-order valence-corrected chi connectivity index (χ2v) is 9.50. The summed E-state index contributed by atoms with van der Waals surface area (Å²) in [5.41, 5.74) is 2.80. The highest BCUT2D eigenvalue weighted by atomic mass is 79.9. The van der Waals surface area contributed by atoms with Gasteiger partial charge in [-0.3, -0.25) is 4.79 Å². The lowest BCUT2D eigenvalue weighted by atomic mass is 10.1. The molecule has 1 aliphatic heterocycles. The fourth-order valence-corrected chi connectivity index (χ4v) is 4.42. The molecule has 26 heavy (non-hydrogen) atoms. The Hall–Kier alpha value is -1.70. The van der Waals surface area contributed by atoms with Gasteiger partial charge in [0.1, 0.15) is 0 Å². The lowest BCUT2D eigenvalue weighted by Gasteiger charge is -2.26. The van der Waals surface area contributed by atoms with Crippen LogP contribution in [0.25, 0.3) is 0 Å². The standard InChI is InChI=1S/C19H21BrN2O3S/c1-14-10-16-11-17(20)8-9-18(16)22(14)19(23)13-21(26(2,24)25)12-15-6-4-3-5-7-15/h3-9,11,14H,10,12-13H2,1-2H3/t14-/m0/s1. The fraction of sp³-hybridized carbons (Fsp3) is 0.316. The van der Waals surface area contributed by atoms with Gasteiger partial charge in [-0.2, -0.15) is 4.31 Å². The molecule has 0 N–H and O–H groups in total. The molecule has 0 aromatic heterocycles. The van der Waals surface area contributed by atoms with Crippen molar-refractivity contribution in [2.75, 3.05) is 17.7 Å². The van der Waals surface area contributed by atoms with Gasteiger partial charge in [-0.15, -0.1) is 0 Å². The first-order valence-corrected chi connectivity index (χ1v) is 11.0. The van der Waals surface area contributed by atoms with Gasteiger partial charge in [0.05, 0.1) is 12.8 Å². The lowest BCUT2D eigenvalue weighted by molar-refractivity contribution is -0.119. The zero-order valence-electron chi connectivity index (χ0n) is 14.7. The smallest absolute Gasteiger partial charge is 0.242 e. The molecule has 5 nitrogen and oxygen atoms in total. The normalized spacial score (nSPS) is 16.8. The molecule has 0 fully saturated rings. The molecule has 2 aromatic carbocycles. The van der Waals surface area contributed by atoms with Crippen LogP contribution >= 0.6 is 15.9 Å². The van der Waals surface area contributed by atoms with Gasteiger partial charge in [-0.25, -0.2) is 8.42 Å². The summed E-state index contributed by atoms with van der Waals surface area (Å²) in [5, 5.41) is 0. The Labute approximate surface area is 162 Å². The number of rotatable bonds is 5. The second-order valence-electron chi connectivity index (χ2n) is 6.61. The summed E-state index contributed by atoms with van der Waals surface area (Å²) in [6.07, 6.45) is 1.90. The molecule has 1 heterocycles. The summed E-state index contributed by atoms with van der Waals surface area (Å²) in [5.74, 6) is -0.208. The summed E-state index contributed by atoms with van der Waals surface area (Å²) >= 11 is 3.45. The van der Waals surface area contributed by atoms with Crippen molar-refractivity contribution in [1.82, 2.24) is 4.31 Å². The number of halogens is 1. The van der Waals surface area contributed by atoms with Crippen LogP contribution in [-0.4, -0.2) is 37.5 Å². The highest BCUT2D eigenvalue weighted by Gasteiger charge is 2.33. The third kappa shape index (κ3) is 4.16. The van der Waals surface area contributed by atoms with Gasteiger partial charge in [0.15, 0.2) is 0 Å². The molecular weight excluding hydrogens is 416 g/mol. The molecule has 1 amide bonds. The lowest BCUT2D eigenvalue weighted by Crippen LogP contribution is -2.44. The Morgan fingerprint density at radius 2 is 1.92 bits per heavy atom. The molecule has 0 saturated carbocycles. The van der Waals surface area contributed by atoms with Gasteiger partial charge in [0, 0.05) is 22.7 Å². The fourth-order valence-electron chi connectivity index (χ4n) is 3.28. The molecule has 0 spiro atoms. The molecule has 0 bridgehead atoms. The zero-order valence-corrected chi connectivity index (χ0v) is 17.1. The van der Waals surface area contributed by atoms with Crippen LogP contribution in [0.2, 0.25) is 0 Å². The highest BCUT2D eigenvalue weighted by Crippen LogP contribution is 2.34. The SMILES string of the molecule is C[C@H]1Cc2cc(Br)ccc2N1C(=O)CN(Cc1ccccc1)S(C)(=O)=O. The number of fused-ring (bicyclic) bond motifs is 1. The Balaban J connectivity index is 1.83. The van der Waals surface area contributed by atoms with Crippen molar-refractivity contribution < 1.29 is 13.2 Å². The zero-order chi connectivity index (χ0) is 18.9. The average Bonchev–Trinajstić information content (AvgIpc) is 2.89. The van der Waals surface area contributed by atoms with E-state index in [-0.39, 0.29) is 25.0 Å². The van der Waals surface area contributed by atoms with E-state index in [4.69, 9.17) is 0 Å². The van der Waals surface area contributed by atoms with Crippen molar-refractivity contribution in [3.8, 4) is 0 Å². The van der Waals surface area contributed by atoms with E-state index in [1.807, 2.05) is 55.5 Å². The van der Waals surface area contributed by atoms with Gasteiger partial charge in [-0.1, -0.05) is 46.3 Å². The summed E-state index contributed by atoms with van der Waals surface area (Å²) in [6, 6.07) is 15.1. The monoisotopic (exact) mass is 436 g/mol. The van der Waals surface area contributed by atoms with Crippen LogP contribution in [0.5, 0.6) is 0 Å². The Morgan fingerprint density at radius 1 is 1.23 bits per heavy atom. The molecule has 1 aliphatic rings. The Bertz CT molecular complexity index is 916. The van der Waals surface area contributed by atoms with Gasteiger partial charge in [0.2, 0.25) is 15.9 Å². The molecule has 1 atom stereocenters. The largest absolute Gasteiger partial charge is 0.308 e. The van der Waals surface area contributed by atoms with Crippen LogP contribution in [-0.2, 0) is 27.8 Å². The van der Waals surface area contributed by atoms with Crippen LogP contribution in [0.4, 0.5) is 5.69 Å². The number of amides is 1. The molecule has 138 valence electrons. The van der Waals surface area contributed by atoms with Gasteiger partial charge in [0.25, 0.3) is 0 Å². The first kappa shape index (κ1) is 19.1. The van der Waals surface area contributed by atoms with Gasteiger partial charge >= 0.3 is 0 Å². The van der Waals surface area contributed by atoms with Crippen molar-refractivity contribution in [2.45, 2.75) is 25.9 Å². The number of benzene rings is 2. The number of hydrogen-bond acceptors (Lipinski definition) is 3. The minimum atomic E-state index is -3.51. The highest BCUT2D eigenvalue weighted by molar-refractivity contribution is 9.10. The van der Waals surface area contributed by atoms with E-state index in [9.17, 15) is 13.2 Å². The van der Waals surface area contributed by atoms with E-state index in [1.165, 1.54) is 4.31 Å². The minimum Gasteiger partial charge on any atom is -0.308 e. The van der Waals surface area contributed by atoms with Gasteiger partial charge < -0.3 is 4.90 Å². The first-order valence-electron chi connectivity index (χ1n) is 8.35. The average molecular weight is 437 g/mol. The van der Waals surface area contributed by atoms with Crippen molar-refractivity contribution >= 4 is 37.5 Å². The third-order valence-corrected chi connectivity index (χ3v) is 6.20. The summed E-state index contributed by atoms with van der Waals surface area (Å²) in [7, 11) is -3.51. The maximum absolute atomic E-state index is 13.0. The molecule has 0 unspecified atom stereocenters.